The van der Waals surface area contributed by atoms with Gasteiger partial charge in [0, 0.05) is 29.2 Å². The number of hydrogen-bond donors (Lipinski definition) is 1. The molecule has 1 aliphatic carbocycles. The molecule has 1 aliphatic rings. The molecule has 4 rings (SSSR count). The molecule has 3 aromatic rings. The van der Waals surface area contributed by atoms with Crippen molar-refractivity contribution >= 4 is 38.1 Å². The van der Waals surface area contributed by atoms with E-state index in [9.17, 15) is 4.79 Å². The summed E-state index contributed by atoms with van der Waals surface area (Å²) in [5.74, 6) is 0.0701. The van der Waals surface area contributed by atoms with Crippen molar-refractivity contribution in [1.29, 1.82) is 0 Å². The van der Waals surface area contributed by atoms with Gasteiger partial charge in [-0.25, -0.2) is 0 Å². The number of halogens is 1. The lowest BCUT2D eigenvalue weighted by Crippen LogP contribution is -2.10. The first kappa shape index (κ1) is 18.0. The average molecular weight is 420 g/mol. The summed E-state index contributed by atoms with van der Waals surface area (Å²) in [7, 11) is 1.91. The zero-order valence-corrected chi connectivity index (χ0v) is 17.1. The van der Waals surface area contributed by atoms with Crippen LogP contribution in [0.3, 0.4) is 0 Å². The minimum Gasteiger partial charge on any atom is -0.391 e. The van der Waals surface area contributed by atoms with Gasteiger partial charge in [-0.05, 0) is 39.9 Å². The Labute approximate surface area is 168 Å². The summed E-state index contributed by atoms with van der Waals surface area (Å²) in [6.07, 6.45) is 1.60. The molecule has 1 N–H and O–H groups in total. The Bertz CT molecular complexity index is 1060. The highest BCUT2D eigenvalue weighted by molar-refractivity contribution is 9.10. The second-order valence-electron chi connectivity index (χ2n) is 6.91. The molecule has 0 heterocycles. The average Bonchev–Trinajstić information content (AvgIpc) is 3.03. The Morgan fingerprint density at radius 2 is 1.78 bits per heavy atom. The summed E-state index contributed by atoms with van der Waals surface area (Å²) in [6.45, 7) is 2.13. The van der Waals surface area contributed by atoms with Crippen molar-refractivity contribution < 1.29 is 4.79 Å². The lowest BCUT2D eigenvalue weighted by molar-refractivity contribution is -0.114. The summed E-state index contributed by atoms with van der Waals surface area (Å²) < 4.78 is 1.06. The van der Waals surface area contributed by atoms with Crippen LogP contribution in [0, 0.1) is 0 Å². The lowest BCUT2D eigenvalue weighted by Gasteiger charge is -2.14. The highest BCUT2D eigenvalue weighted by atomic mass is 79.9. The number of Topliss-reactive ketones (excluding diaryl/α,β-unsaturated/α-hetero) is 1. The maximum Gasteiger partial charge on any atom is 0.173 e. The number of rotatable bonds is 4. The van der Waals surface area contributed by atoms with Gasteiger partial charge in [-0.15, -0.1) is 0 Å². The standard InChI is InChI=1S/C24H22BrNO/c1-3-16-19(12-7-13-21(16)25)23-22(26-2)14-20(24(23)27)18-11-6-9-15-8-4-5-10-17(15)18/h4-13,20,26H,3,14H2,1-2H3. The van der Waals surface area contributed by atoms with Crippen LogP contribution in [0.25, 0.3) is 16.3 Å². The number of nitrogens with one attached hydrogen (secondary N) is 1. The van der Waals surface area contributed by atoms with Crippen LogP contribution in [-0.4, -0.2) is 12.8 Å². The van der Waals surface area contributed by atoms with Gasteiger partial charge >= 0.3 is 0 Å². The lowest BCUT2D eigenvalue weighted by atomic mass is 9.88. The van der Waals surface area contributed by atoms with Crippen LogP contribution in [0.4, 0.5) is 0 Å². The van der Waals surface area contributed by atoms with Crippen molar-refractivity contribution in [1.82, 2.24) is 5.32 Å². The van der Waals surface area contributed by atoms with Gasteiger partial charge in [0.2, 0.25) is 0 Å². The zero-order valence-electron chi connectivity index (χ0n) is 15.6. The SMILES string of the molecule is CCc1c(Br)cccc1C1=C(NC)CC(c2cccc3ccccc23)C1=O. The summed E-state index contributed by atoms with van der Waals surface area (Å²) in [5, 5.41) is 5.65. The first-order valence-corrected chi connectivity index (χ1v) is 10.2. The largest absolute Gasteiger partial charge is 0.391 e. The van der Waals surface area contributed by atoms with Gasteiger partial charge in [0.15, 0.2) is 5.78 Å². The van der Waals surface area contributed by atoms with E-state index in [1.807, 2.05) is 31.3 Å². The maximum absolute atomic E-state index is 13.6. The predicted octanol–water partition coefficient (Wildman–Crippen LogP) is 5.85. The second-order valence-corrected chi connectivity index (χ2v) is 7.77. The summed E-state index contributed by atoms with van der Waals surface area (Å²) in [5.41, 5.74) is 5.23. The van der Waals surface area contributed by atoms with E-state index >= 15 is 0 Å². The molecule has 0 spiro atoms. The van der Waals surface area contributed by atoms with E-state index in [4.69, 9.17) is 0 Å². The Balaban J connectivity index is 1.84. The van der Waals surface area contributed by atoms with Gasteiger partial charge in [0.1, 0.15) is 0 Å². The van der Waals surface area contributed by atoms with E-state index in [-0.39, 0.29) is 11.7 Å². The van der Waals surface area contributed by atoms with Crippen LogP contribution in [0.15, 0.2) is 70.8 Å². The minimum atomic E-state index is -0.141. The van der Waals surface area contributed by atoms with Crippen LogP contribution >= 0.6 is 15.9 Å². The van der Waals surface area contributed by atoms with Gasteiger partial charge in [0.25, 0.3) is 0 Å². The molecular weight excluding hydrogens is 398 g/mol. The minimum absolute atomic E-state index is 0.141. The van der Waals surface area contributed by atoms with Crippen LogP contribution < -0.4 is 5.32 Å². The highest BCUT2D eigenvalue weighted by Gasteiger charge is 2.36. The molecule has 0 fully saturated rings. The van der Waals surface area contributed by atoms with Crippen LogP contribution in [0.5, 0.6) is 0 Å². The fraction of sp³-hybridized carbons (Fsp3) is 0.208. The molecule has 27 heavy (non-hydrogen) atoms. The molecule has 136 valence electrons. The van der Waals surface area contributed by atoms with E-state index in [1.54, 1.807) is 0 Å². The third-order valence-electron chi connectivity index (χ3n) is 5.52. The second kappa shape index (κ2) is 7.32. The molecule has 3 aromatic carbocycles. The molecule has 1 atom stereocenters. The normalized spacial score (nSPS) is 17.0. The Hall–Kier alpha value is -2.39. The van der Waals surface area contributed by atoms with Crippen molar-refractivity contribution in [2.24, 2.45) is 0 Å². The van der Waals surface area contributed by atoms with Gasteiger partial charge in [0.05, 0.1) is 5.92 Å². The number of ketones is 1. The molecule has 1 unspecified atom stereocenters. The number of allylic oxidation sites excluding steroid dienone is 2. The smallest absolute Gasteiger partial charge is 0.173 e. The molecule has 0 saturated heterocycles. The Kier molecular flexibility index (Phi) is 4.88. The number of carbonyl (C=O) groups excluding carboxylic acids is 1. The molecule has 0 amide bonds. The predicted molar refractivity (Wildman–Crippen MR) is 116 cm³/mol. The maximum atomic E-state index is 13.6. The number of fused-ring (bicyclic) bond motifs is 1. The monoisotopic (exact) mass is 419 g/mol. The van der Waals surface area contributed by atoms with Crippen LogP contribution in [0.2, 0.25) is 0 Å². The van der Waals surface area contributed by atoms with Gasteiger partial charge in [-0.3, -0.25) is 4.79 Å². The fourth-order valence-electron chi connectivity index (χ4n) is 4.20. The number of carbonyl (C=O) groups is 1. The first-order chi connectivity index (χ1) is 13.2. The van der Waals surface area contributed by atoms with Crippen molar-refractivity contribution in [2.45, 2.75) is 25.7 Å². The van der Waals surface area contributed by atoms with Crippen molar-refractivity contribution in [3.63, 3.8) is 0 Å². The van der Waals surface area contributed by atoms with E-state index in [2.05, 4.69) is 64.6 Å². The quantitative estimate of drug-likeness (QED) is 0.574. The highest BCUT2D eigenvalue weighted by Crippen LogP contribution is 2.43. The molecule has 0 aromatic heterocycles. The summed E-state index contributed by atoms with van der Waals surface area (Å²) in [6, 6.07) is 20.7. The molecule has 0 saturated carbocycles. The van der Waals surface area contributed by atoms with Crippen molar-refractivity contribution in [3.8, 4) is 0 Å². The van der Waals surface area contributed by atoms with Gasteiger partial charge < -0.3 is 5.32 Å². The third kappa shape index (κ3) is 3.00. The molecule has 0 bridgehead atoms. The topological polar surface area (TPSA) is 29.1 Å². The molecular formula is C24H22BrNO. The Morgan fingerprint density at radius 3 is 2.56 bits per heavy atom. The summed E-state index contributed by atoms with van der Waals surface area (Å²) in [4.78, 5) is 13.6. The third-order valence-corrected chi connectivity index (χ3v) is 6.26. The fourth-order valence-corrected chi connectivity index (χ4v) is 4.85. The van der Waals surface area contributed by atoms with Crippen LogP contribution in [-0.2, 0) is 11.2 Å². The van der Waals surface area contributed by atoms with E-state index in [1.165, 1.54) is 16.3 Å². The van der Waals surface area contributed by atoms with E-state index in [0.29, 0.717) is 6.42 Å². The number of hydrogen-bond acceptors (Lipinski definition) is 2. The first-order valence-electron chi connectivity index (χ1n) is 9.36. The van der Waals surface area contributed by atoms with Gasteiger partial charge in [-0.1, -0.05) is 77.5 Å². The van der Waals surface area contributed by atoms with Gasteiger partial charge in [-0.2, -0.15) is 0 Å². The molecule has 0 radical (unpaired) electrons. The number of benzene rings is 3. The molecule has 3 heteroatoms. The van der Waals surface area contributed by atoms with Crippen molar-refractivity contribution in [2.75, 3.05) is 7.05 Å². The molecule has 2 nitrogen and oxygen atoms in total. The van der Waals surface area contributed by atoms with Crippen LogP contribution in [0.1, 0.15) is 36.0 Å². The zero-order chi connectivity index (χ0) is 19.0. The Morgan fingerprint density at radius 1 is 1.04 bits per heavy atom. The van der Waals surface area contributed by atoms with Crippen molar-refractivity contribution in [3.05, 3.63) is 87.5 Å². The summed E-state index contributed by atoms with van der Waals surface area (Å²) >= 11 is 3.65. The van der Waals surface area contributed by atoms with E-state index < -0.39 is 0 Å². The van der Waals surface area contributed by atoms with E-state index in [0.717, 1.165) is 33.3 Å². The molecule has 0 aliphatic heterocycles.